The van der Waals surface area contributed by atoms with Gasteiger partial charge in [-0.2, -0.15) is 0 Å². The zero-order chi connectivity index (χ0) is 28.1. The normalized spacial score (nSPS) is 14.7. The van der Waals surface area contributed by atoms with Crippen LogP contribution in [0.1, 0.15) is 16.8 Å². The quantitative estimate of drug-likeness (QED) is 0.182. The van der Waals surface area contributed by atoms with E-state index in [2.05, 4.69) is 0 Å². The van der Waals surface area contributed by atoms with E-state index < -0.39 is 23.7 Å². The summed E-state index contributed by atoms with van der Waals surface area (Å²) in [6, 6.07) is 31.3. The van der Waals surface area contributed by atoms with Gasteiger partial charge >= 0.3 is 5.97 Å². The lowest BCUT2D eigenvalue weighted by molar-refractivity contribution is -0.122. The molecule has 0 aromatic heterocycles. The number of rotatable bonds is 8. The van der Waals surface area contributed by atoms with Crippen molar-refractivity contribution in [1.29, 1.82) is 0 Å². The molecule has 8 nitrogen and oxygen atoms in total. The number of ether oxygens (including phenoxy) is 1. The summed E-state index contributed by atoms with van der Waals surface area (Å²) in [5, 5.41) is -0.567. The Morgan fingerprint density at radius 1 is 0.850 bits per heavy atom. The number of imide groups is 1. The van der Waals surface area contributed by atoms with Crippen molar-refractivity contribution < 1.29 is 23.9 Å². The Hall–Kier alpha value is -4.89. The monoisotopic (exact) mass is 551 g/mol. The molecule has 40 heavy (non-hydrogen) atoms. The number of carbonyl (C=O) groups excluding carboxylic acids is 4. The van der Waals surface area contributed by atoms with Gasteiger partial charge in [0.25, 0.3) is 5.91 Å². The fraction of sp³-hybridized carbons (Fsp3) is 0.0968. The minimum absolute atomic E-state index is 0.0591. The highest BCUT2D eigenvalue weighted by Gasteiger charge is 2.40. The molecule has 4 aromatic carbocycles. The van der Waals surface area contributed by atoms with Gasteiger partial charge in [0.1, 0.15) is 0 Å². The first-order valence-corrected chi connectivity index (χ1v) is 13.4. The summed E-state index contributed by atoms with van der Waals surface area (Å²) in [6.07, 6.45) is 0.0591. The van der Waals surface area contributed by atoms with Crippen molar-refractivity contribution >= 4 is 58.2 Å². The number of para-hydroxylation sites is 2. The second kappa shape index (κ2) is 11.9. The van der Waals surface area contributed by atoms with Gasteiger partial charge in [-0.1, -0.05) is 42.5 Å². The molecule has 200 valence electrons. The first-order chi connectivity index (χ1) is 19.4. The van der Waals surface area contributed by atoms with E-state index in [1.165, 1.54) is 40.9 Å². The van der Waals surface area contributed by atoms with Crippen molar-refractivity contribution in [2.45, 2.75) is 16.6 Å². The third-order valence-electron chi connectivity index (χ3n) is 6.21. The zero-order valence-electron chi connectivity index (χ0n) is 21.3. The van der Waals surface area contributed by atoms with Crippen LogP contribution < -0.4 is 15.5 Å². The SMILES string of the molecule is Nc1cccc(SC2CC(=O)N(c3ccc(C(=O)OCC(=O)N(c4ccccc4)c4ccccc4)cc3)C2=O)c1. The molecular weight excluding hydrogens is 526 g/mol. The number of thioether (sulfide) groups is 1. The van der Waals surface area contributed by atoms with E-state index in [1.54, 1.807) is 42.5 Å². The molecular formula is C31H25N3O5S. The summed E-state index contributed by atoms with van der Waals surface area (Å²) < 4.78 is 5.32. The van der Waals surface area contributed by atoms with E-state index in [9.17, 15) is 19.2 Å². The molecule has 3 amide bonds. The predicted octanol–water partition coefficient (Wildman–Crippen LogP) is 5.21. The highest BCUT2D eigenvalue weighted by molar-refractivity contribution is 8.00. The maximum Gasteiger partial charge on any atom is 0.338 e. The number of benzene rings is 4. The maximum atomic E-state index is 13.1. The van der Waals surface area contributed by atoms with Gasteiger partial charge in [-0.15, -0.1) is 11.8 Å². The lowest BCUT2D eigenvalue weighted by Crippen LogP contribution is -2.31. The number of carbonyl (C=O) groups is 4. The minimum atomic E-state index is -0.699. The third kappa shape index (κ3) is 5.89. The Morgan fingerprint density at radius 2 is 1.48 bits per heavy atom. The van der Waals surface area contributed by atoms with Crippen molar-refractivity contribution in [2.75, 3.05) is 22.1 Å². The number of nitrogens with two attached hydrogens (primary N) is 1. The number of nitrogens with zero attached hydrogens (tertiary/aromatic N) is 2. The van der Waals surface area contributed by atoms with Gasteiger partial charge < -0.3 is 10.5 Å². The van der Waals surface area contributed by atoms with Crippen LogP contribution in [0, 0.1) is 0 Å². The van der Waals surface area contributed by atoms with E-state index in [-0.39, 0.29) is 23.8 Å². The fourth-order valence-electron chi connectivity index (χ4n) is 4.33. The van der Waals surface area contributed by atoms with Gasteiger partial charge in [-0.3, -0.25) is 19.3 Å². The molecule has 1 fully saturated rings. The Labute approximate surface area is 235 Å². The van der Waals surface area contributed by atoms with E-state index in [0.29, 0.717) is 22.7 Å². The van der Waals surface area contributed by atoms with E-state index >= 15 is 0 Å². The zero-order valence-corrected chi connectivity index (χ0v) is 22.1. The first kappa shape index (κ1) is 26.7. The Kier molecular flexibility index (Phi) is 7.93. The summed E-state index contributed by atoms with van der Waals surface area (Å²) in [6.45, 7) is -0.476. The molecule has 1 unspecified atom stereocenters. The van der Waals surface area contributed by atoms with Crippen molar-refractivity contribution in [3.63, 3.8) is 0 Å². The average molecular weight is 552 g/mol. The highest BCUT2D eigenvalue weighted by atomic mass is 32.2. The van der Waals surface area contributed by atoms with Gasteiger partial charge in [0.05, 0.1) is 16.5 Å². The summed E-state index contributed by atoms with van der Waals surface area (Å²) >= 11 is 1.29. The second-order valence-corrected chi connectivity index (χ2v) is 10.2. The third-order valence-corrected chi connectivity index (χ3v) is 7.39. The number of hydrogen-bond donors (Lipinski definition) is 1. The van der Waals surface area contributed by atoms with E-state index in [1.807, 2.05) is 42.5 Å². The maximum absolute atomic E-state index is 13.1. The molecule has 1 saturated heterocycles. The lowest BCUT2D eigenvalue weighted by Gasteiger charge is -2.23. The number of anilines is 4. The first-order valence-electron chi connectivity index (χ1n) is 12.5. The molecule has 0 radical (unpaired) electrons. The average Bonchev–Trinajstić information content (AvgIpc) is 3.25. The molecule has 1 heterocycles. The van der Waals surface area contributed by atoms with Crippen LogP contribution in [0.3, 0.4) is 0 Å². The number of amides is 3. The molecule has 2 N–H and O–H groups in total. The van der Waals surface area contributed by atoms with Crippen molar-refractivity contribution in [3.8, 4) is 0 Å². The second-order valence-electron chi connectivity index (χ2n) is 8.97. The van der Waals surface area contributed by atoms with Crippen molar-refractivity contribution in [1.82, 2.24) is 0 Å². The molecule has 9 heteroatoms. The fourth-order valence-corrected chi connectivity index (χ4v) is 5.45. The van der Waals surface area contributed by atoms with Crippen LogP contribution in [0.5, 0.6) is 0 Å². The highest BCUT2D eigenvalue weighted by Crippen LogP contribution is 2.34. The molecule has 0 spiro atoms. The topological polar surface area (TPSA) is 110 Å². The molecule has 1 atom stereocenters. The van der Waals surface area contributed by atoms with Crippen LogP contribution in [0.15, 0.2) is 114 Å². The lowest BCUT2D eigenvalue weighted by atomic mass is 10.2. The van der Waals surface area contributed by atoms with Gasteiger partial charge in [0, 0.05) is 28.4 Å². The standard InChI is InChI=1S/C31H25N3O5S/c32-22-8-7-13-26(18-22)40-27-19-28(35)34(30(27)37)25-16-14-21(15-17-25)31(38)39-20-29(36)33(23-9-3-1-4-10-23)24-11-5-2-6-12-24/h1-18,27H,19-20,32H2. The van der Waals surface area contributed by atoms with Crippen LogP contribution >= 0.6 is 11.8 Å². The van der Waals surface area contributed by atoms with E-state index in [4.69, 9.17) is 10.5 Å². The van der Waals surface area contributed by atoms with Gasteiger partial charge in [0.2, 0.25) is 11.8 Å². The van der Waals surface area contributed by atoms with Crippen molar-refractivity contribution in [2.24, 2.45) is 0 Å². The van der Waals surface area contributed by atoms with Gasteiger partial charge in [0.15, 0.2) is 6.61 Å². The number of nitrogen functional groups attached to an aromatic ring is 1. The largest absolute Gasteiger partial charge is 0.452 e. The molecule has 1 aliphatic rings. The Bertz CT molecular complexity index is 1510. The Morgan fingerprint density at radius 3 is 2.08 bits per heavy atom. The van der Waals surface area contributed by atoms with Gasteiger partial charge in [-0.05, 0) is 66.7 Å². The molecule has 0 saturated carbocycles. The van der Waals surface area contributed by atoms with E-state index in [0.717, 1.165) is 9.80 Å². The molecule has 1 aliphatic heterocycles. The van der Waals surface area contributed by atoms with Crippen LogP contribution in [-0.2, 0) is 19.1 Å². The minimum Gasteiger partial charge on any atom is -0.452 e. The number of esters is 1. The predicted molar refractivity (Wildman–Crippen MR) is 154 cm³/mol. The van der Waals surface area contributed by atoms with Crippen LogP contribution in [-0.4, -0.2) is 35.5 Å². The smallest absolute Gasteiger partial charge is 0.338 e. The summed E-state index contributed by atoms with van der Waals surface area (Å²) in [5.41, 5.74) is 8.24. The Balaban J connectivity index is 1.23. The molecule has 4 aromatic rings. The summed E-state index contributed by atoms with van der Waals surface area (Å²) in [4.78, 5) is 55.0. The summed E-state index contributed by atoms with van der Waals surface area (Å²) in [7, 11) is 0. The molecule has 5 rings (SSSR count). The van der Waals surface area contributed by atoms with Crippen LogP contribution in [0.2, 0.25) is 0 Å². The molecule has 0 bridgehead atoms. The van der Waals surface area contributed by atoms with Crippen molar-refractivity contribution in [3.05, 3.63) is 115 Å². The van der Waals surface area contributed by atoms with Crippen LogP contribution in [0.4, 0.5) is 22.7 Å². The molecule has 0 aliphatic carbocycles. The van der Waals surface area contributed by atoms with Gasteiger partial charge in [-0.25, -0.2) is 9.69 Å². The summed E-state index contributed by atoms with van der Waals surface area (Å²) in [5.74, 6) is -1.77. The number of hydrogen-bond acceptors (Lipinski definition) is 7. The van der Waals surface area contributed by atoms with Crippen LogP contribution in [0.25, 0.3) is 0 Å².